The third-order valence-electron chi connectivity index (χ3n) is 4.83. The fourth-order valence-electron chi connectivity index (χ4n) is 2.86. The molecular formula is C27H55ClO10. The fraction of sp³-hybridized carbons (Fsp3) is 1.00. The molecule has 0 aliphatic rings. The molecule has 0 atom stereocenters. The van der Waals surface area contributed by atoms with Crippen LogP contribution in [0.25, 0.3) is 0 Å². The molecule has 0 radical (unpaired) electrons. The average Bonchev–Trinajstić information content (AvgIpc) is 2.91. The minimum Gasteiger partial charge on any atom is -0.379 e. The van der Waals surface area contributed by atoms with E-state index in [0.717, 1.165) is 25.3 Å². The Morgan fingerprint density at radius 3 is 0.895 bits per heavy atom. The van der Waals surface area contributed by atoms with Crippen molar-refractivity contribution in [1.82, 2.24) is 0 Å². The van der Waals surface area contributed by atoms with Crippen molar-refractivity contribution in [2.75, 3.05) is 131 Å². The Kier molecular flexibility index (Phi) is 34.8. The molecule has 10 nitrogen and oxygen atoms in total. The highest BCUT2D eigenvalue weighted by molar-refractivity contribution is 6.17. The van der Waals surface area contributed by atoms with Gasteiger partial charge >= 0.3 is 0 Å². The first-order valence-electron chi connectivity index (χ1n) is 14.1. The molecule has 11 heteroatoms. The van der Waals surface area contributed by atoms with Gasteiger partial charge in [-0.15, -0.1) is 11.6 Å². The zero-order valence-electron chi connectivity index (χ0n) is 24.0. The summed E-state index contributed by atoms with van der Waals surface area (Å²) >= 11 is 5.64. The van der Waals surface area contributed by atoms with Crippen LogP contribution in [-0.2, 0) is 47.4 Å². The number of rotatable bonds is 34. The highest BCUT2D eigenvalue weighted by atomic mass is 35.5. The van der Waals surface area contributed by atoms with Crippen molar-refractivity contribution in [2.24, 2.45) is 0 Å². The fourth-order valence-corrected chi connectivity index (χ4v) is 3.05. The van der Waals surface area contributed by atoms with E-state index in [1.165, 1.54) is 12.8 Å². The van der Waals surface area contributed by atoms with Gasteiger partial charge in [0.25, 0.3) is 0 Å². The Morgan fingerprint density at radius 2 is 0.605 bits per heavy atom. The molecule has 0 aromatic rings. The predicted octanol–water partition coefficient (Wildman–Crippen LogP) is 3.36. The smallest absolute Gasteiger partial charge is 0.0703 e. The number of alkyl halides is 1. The lowest BCUT2D eigenvalue weighted by atomic mass is 10.2. The molecule has 0 N–H and O–H groups in total. The van der Waals surface area contributed by atoms with Crippen LogP contribution in [0.1, 0.15) is 39.5 Å². The summed E-state index contributed by atoms with van der Waals surface area (Å²) in [6.07, 6.45) is 4.75. The summed E-state index contributed by atoms with van der Waals surface area (Å²) in [5.74, 6) is 0.747. The number of unbranched alkanes of at least 4 members (excludes halogenated alkanes) is 3. The van der Waals surface area contributed by atoms with Gasteiger partial charge in [-0.1, -0.05) is 12.8 Å². The van der Waals surface area contributed by atoms with Crippen LogP contribution in [0.15, 0.2) is 0 Å². The van der Waals surface area contributed by atoms with Gasteiger partial charge < -0.3 is 47.4 Å². The predicted molar refractivity (Wildman–Crippen MR) is 148 cm³/mol. The normalized spacial score (nSPS) is 11.7. The van der Waals surface area contributed by atoms with Gasteiger partial charge in [-0.3, -0.25) is 0 Å². The summed E-state index contributed by atoms with van der Waals surface area (Å²) in [6.45, 7) is 14.8. The van der Waals surface area contributed by atoms with Crippen molar-refractivity contribution in [3.63, 3.8) is 0 Å². The van der Waals surface area contributed by atoms with Crippen molar-refractivity contribution in [1.29, 1.82) is 0 Å². The molecule has 230 valence electrons. The van der Waals surface area contributed by atoms with Crippen LogP contribution in [0.3, 0.4) is 0 Å². The highest BCUT2D eigenvalue weighted by Crippen LogP contribution is 2.01. The van der Waals surface area contributed by atoms with Crippen molar-refractivity contribution in [3.05, 3.63) is 0 Å². The minimum absolute atomic E-state index is 0.236. The van der Waals surface area contributed by atoms with Crippen molar-refractivity contribution in [2.45, 2.75) is 45.6 Å². The Labute approximate surface area is 236 Å². The maximum absolute atomic E-state index is 5.64. The maximum atomic E-state index is 5.64. The highest BCUT2D eigenvalue weighted by Gasteiger charge is 1.97. The van der Waals surface area contributed by atoms with E-state index in [-0.39, 0.29) is 6.10 Å². The zero-order valence-corrected chi connectivity index (χ0v) is 24.8. The van der Waals surface area contributed by atoms with E-state index in [1.54, 1.807) is 0 Å². The molecule has 0 amide bonds. The number of ether oxygens (including phenoxy) is 10. The van der Waals surface area contributed by atoms with Gasteiger partial charge in [0.1, 0.15) is 0 Å². The van der Waals surface area contributed by atoms with Gasteiger partial charge in [0.2, 0.25) is 0 Å². The summed E-state index contributed by atoms with van der Waals surface area (Å²) in [7, 11) is 0. The second-order valence-corrected chi connectivity index (χ2v) is 8.91. The third-order valence-corrected chi connectivity index (χ3v) is 5.09. The van der Waals surface area contributed by atoms with Crippen LogP contribution in [-0.4, -0.2) is 138 Å². The van der Waals surface area contributed by atoms with E-state index in [9.17, 15) is 0 Å². The molecule has 0 unspecified atom stereocenters. The number of halogens is 1. The molecule has 0 fully saturated rings. The van der Waals surface area contributed by atoms with Gasteiger partial charge in [0, 0.05) is 12.5 Å². The van der Waals surface area contributed by atoms with Crippen molar-refractivity contribution in [3.8, 4) is 0 Å². The van der Waals surface area contributed by atoms with Crippen LogP contribution in [0.2, 0.25) is 0 Å². The van der Waals surface area contributed by atoms with Crippen LogP contribution >= 0.6 is 11.6 Å². The molecule has 0 heterocycles. The first-order chi connectivity index (χ1) is 18.8. The first-order valence-corrected chi connectivity index (χ1v) is 14.7. The quantitative estimate of drug-likeness (QED) is 0.0841. The Morgan fingerprint density at radius 1 is 0.342 bits per heavy atom. The lowest BCUT2D eigenvalue weighted by Gasteiger charge is -2.09. The topological polar surface area (TPSA) is 92.3 Å². The van der Waals surface area contributed by atoms with Crippen LogP contribution in [0.5, 0.6) is 0 Å². The van der Waals surface area contributed by atoms with Crippen LogP contribution in [0.4, 0.5) is 0 Å². The van der Waals surface area contributed by atoms with Crippen molar-refractivity contribution < 1.29 is 47.4 Å². The molecule has 0 aromatic carbocycles. The summed E-state index contributed by atoms with van der Waals surface area (Å²) in [6, 6.07) is 0. The summed E-state index contributed by atoms with van der Waals surface area (Å²) in [4.78, 5) is 0. The second kappa shape index (κ2) is 34.9. The van der Waals surface area contributed by atoms with Gasteiger partial charge in [-0.25, -0.2) is 0 Å². The summed E-state index contributed by atoms with van der Waals surface area (Å²) in [5, 5.41) is 0. The Balaban J connectivity index is 3.02. The lowest BCUT2D eigenvalue weighted by Crippen LogP contribution is -2.15. The molecule has 0 spiro atoms. The van der Waals surface area contributed by atoms with Gasteiger partial charge in [-0.05, 0) is 26.7 Å². The zero-order chi connectivity index (χ0) is 27.6. The van der Waals surface area contributed by atoms with E-state index < -0.39 is 0 Å². The molecule has 0 saturated heterocycles. The Hall–Kier alpha value is -0.110. The summed E-state index contributed by atoms with van der Waals surface area (Å²) < 4.78 is 54.5. The van der Waals surface area contributed by atoms with Gasteiger partial charge in [0.15, 0.2) is 0 Å². The standard InChI is InChI=1S/C27H55ClO10/c1-27(2)38-26-25-37-24-23-36-22-21-35-20-19-34-18-17-33-16-15-32-14-13-31-12-11-30-10-9-29-8-6-4-3-5-7-28/h27H,3-26H2,1-2H3. The SMILES string of the molecule is CC(C)OCCOCCOCCOCCOCCOCCOCCOCCOCCOCCCCCCCl. The first kappa shape index (κ1) is 37.9. The van der Waals surface area contributed by atoms with Crippen molar-refractivity contribution >= 4 is 11.6 Å². The third kappa shape index (κ3) is 35.9. The van der Waals surface area contributed by atoms with Gasteiger partial charge in [0.05, 0.1) is 125 Å². The molecule has 0 rings (SSSR count). The molecule has 0 aliphatic carbocycles. The molecular weight excluding hydrogens is 520 g/mol. The molecule has 38 heavy (non-hydrogen) atoms. The molecule has 0 bridgehead atoms. The maximum Gasteiger partial charge on any atom is 0.0703 e. The number of hydrogen-bond donors (Lipinski definition) is 0. The monoisotopic (exact) mass is 574 g/mol. The van der Waals surface area contributed by atoms with E-state index in [2.05, 4.69) is 0 Å². The van der Waals surface area contributed by atoms with Gasteiger partial charge in [-0.2, -0.15) is 0 Å². The second-order valence-electron chi connectivity index (χ2n) is 8.53. The van der Waals surface area contributed by atoms with E-state index in [0.29, 0.717) is 119 Å². The molecule has 0 aromatic heterocycles. The minimum atomic E-state index is 0.236. The van der Waals surface area contributed by atoms with E-state index >= 15 is 0 Å². The van der Waals surface area contributed by atoms with E-state index in [4.69, 9.17) is 59.0 Å². The average molecular weight is 575 g/mol. The summed E-state index contributed by atoms with van der Waals surface area (Å²) in [5.41, 5.74) is 0. The number of hydrogen-bond acceptors (Lipinski definition) is 10. The molecule has 0 aliphatic heterocycles. The lowest BCUT2D eigenvalue weighted by molar-refractivity contribution is -0.0279. The Bertz CT molecular complexity index is 421. The molecule has 0 saturated carbocycles. The van der Waals surface area contributed by atoms with Crippen LogP contribution < -0.4 is 0 Å². The van der Waals surface area contributed by atoms with E-state index in [1.807, 2.05) is 13.8 Å². The largest absolute Gasteiger partial charge is 0.379 e. The van der Waals surface area contributed by atoms with Crippen LogP contribution in [0, 0.1) is 0 Å².